The van der Waals surface area contributed by atoms with Gasteiger partial charge in [0.25, 0.3) is 0 Å². The Hall–Kier alpha value is -1.83. The number of hydrogen-bond acceptors (Lipinski definition) is 1. The predicted molar refractivity (Wildman–Crippen MR) is 84.3 cm³/mol. The van der Waals surface area contributed by atoms with Gasteiger partial charge in [-0.15, -0.1) is 0 Å². The summed E-state index contributed by atoms with van der Waals surface area (Å²) in [7, 11) is 2.06. The molecule has 2 nitrogen and oxygen atoms in total. The second-order valence-corrected chi connectivity index (χ2v) is 6.42. The van der Waals surface area contributed by atoms with E-state index in [0.29, 0.717) is 5.92 Å². The van der Waals surface area contributed by atoms with E-state index in [1.165, 1.54) is 28.0 Å². The summed E-state index contributed by atoms with van der Waals surface area (Å²) in [5.41, 5.74) is 7.07. The van der Waals surface area contributed by atoms with Gasteiger partial charge in [0.15, 0.2) is 0 Å². The van der Waals surface area contributed by atoms with Crippen LogP contribution in [0.2, 0.25) is 0 Å². The number of allylic oxidation sites excluding steroid dienone is 2. The van der Waals surface area contributed by atoms with E-state index in [1.54, 1.807) is 0 Å². The Bertz CT molecular complexity index is 689. The highest BCUT2D eigenvalue weighted by Crippen LogP contribution is 2.51. The van der Waals surface area contributed by atoms with Crippen molar-refractivity contribution in [2.45, 2.75) is 33.1 Å². The zero-order chi connectivity index (χ0) is 14.5. The van der Waals surface area contributed by atoms with Crippen molar-refractivity contribution >= 4 is 11.1 Å². The monoisotopic (exact) mass is 266 g/mol. The van der Waals surface area contributed by atoms with Crippen LogP contribution < -0.4 is 0 Å². The lowest BCUT2D eigenvalue weighted by molar-refractivity contribution is 0.442. The molecule has 1 aliphatic carbocycles. The normalized spacial score (nSPS) is 22.8. The molecule has 1 heterocycles. The Labute approximate surface area is 121 Å². The maximum atomic E-state index is 4.26. The fourth-order valence-corrected chi connectivity index (χ4v) is 3.49. The second-order valence-electron chi connectivity index (χ2n) is 6.42. The van der Waals surface area contributed by atoms with Crippen molar-refractivity contribution in [3.63, 3.8) is 0 Å². The molecular weight excluding hydrogens is 244 g/mol. The van der Waals surface area contributed by atoms with E-state index < -0.39 is 0 Å². The second kappa shape index (κ2) is 4.34. The van der Waals surface area contributed by atoms with Gasteiger partial charge >= 0.3 is 0 Å². The number of aryl methyl sites for hydroxylation is 1. The molecule has 0 bridgehead atoms. The highest BCUT2D eigenvalue weighted by Gasteiger charge is 2.40. The molecular formula is C18H22N2. The van der Waals surface area contributed by atoms with E-state index in [0.717, 1.165) is 0 Å². The fraction of sp³-hybridized carbons (Fsp3) is 0.389. The highest BCUT2D eigenvalue weighted by atomic mass is 15.0. The SMILES string of the molecule is C/C(=C1/c2ccccc2C(C)(C)C1C)c1cncn1C. The molecule has 1 aromatic carbocycles. The summed E-state index contributed by atoms with van der Waals surface area (Å²) in [6.07, 6.45) is 3.83. The molecule has 0 aliphatic heterocycles. The third-order valence-electron chi connectivity index (χ3n) is 5.03. The van der Waals surface area contributed by atoms with Crippen molar-refractivity contribution in [3.05, 3.63) is 53.6 Å². The van der Waals surface area contributed by atoms with Gasteiger partial charge in [-0.3, -0.25) is 0 Å². The summed E-state index contributed by atoms with van der Waals surface area (Å²) >= 11 is 0. The number of rotatable bonds is 1. The van der Waals surface area contributed by atoms with Crippen LogP contribution in [-0.4, -0.2) is 9.55 Å². The van der Waals surface area contributed by atoms with Crippen molar-refractivity contribution in [3.8, 4) is 0 Å². The number of benzene rings is 1. The van der Waals surface area contributed by atoms with Crippen LogP contribution in [0.3, 0.4) is 0 Å². The van der Waals surface area contributed by atoms with Crippen molar-refractivity contribution in [2.75, 3.05) is 0 Å². The van der Waals surface area contributed by atoms with Gasteiger partial charge in [-0.2, -0.15) is 0 Å². The van der Waals surface area contributed by atoms with Crippen LogP contribution in [0.1, 0.15) is 44.5 Å². The maximum Gasteiger partial charge on any atom is 0.0948 e. The number of hydrogen-bond donors (Lipinski definition) is 0. The molecule has 2 heteroatoms. The zero-order valence-electron chi connectivity index (χ0n) is 12.9. The summed E-state index contributed by atoms with van der Waals surface area (Å²) in [5, 5.41) is 0. The van der Waals surface area contributed by atoms with Crippen LogP contribution in [-0.2, 0) is 12.5 Å². The highest BCUT2D eigenvalue weighted by molar-refractivity contribution is 5.94. The molecule has 1 unspecified atom stereocenters. The molecule has 0 fully saturated rings. The third-order valence-corrected chi connectivity index (χ3v) is 5.03. The van der Waals surface area contributed by atoms with Crippen molar-refractivity contribution < 1.29 is 0 Å². The van der Waals surface area contributed by atoms with Crippen LogP contribution in [0.15, 0.2) is 36.8 Å². The van der Waals surface area contributed by atoms with E-state index in [4.69, 9.17) is 0 Å². The lowest BCUT2D eigenvalue weighted by Gasteiger charge is -2.26. The van der Waals surface area contributed by atoms with Crippen LogP contribution >= 0.6 is 0 Å². The number of fused-ring (bicyclic) bond motifs is 1. The largest absolute Gasteiger partial charge is 0.334 e. The smallest absolute Gasteiger partial charge is 0.0948 e. The standard InChI is InChI=1S/C18H22N2/c1-12(16-10-19-11-20(16)5)17-13(2)18(3,4)15-9-7-6-8-14(15)17/h6-11,13H,1-5H3/b17-12-. The molecule has 1 atom stereocenters. The molecule has 1 aliphatic rings. The first-order valence-electron chi connectivity index (χ1n) is 7.22. The van der Waals surface area contributed by atoms with Crippen LogP contribution in [0.4, 0.5) is 0 Å². The molecule has 0 spiro atoms. The third kappa shape index (κ3) is 1.67. The van der Waals surface area contributed by atoms with Crippen molar-refractivity contribution in [1.82, 2.24) is 9.55 Å². The van der Waals surface area contributed by atoms with Gasteiger partial charge in [0.05, 0.1) is 18.2 Å². The van der Waals surface area contributed by atoms with Gasteiger partial charge in [0.2, 0.25) is 0 Å². The van der Waals surface area contributed by atoms with E-state index >= 15 is 0 Å². The first-order valence-corrected chi connectivity index (χ1v) is 7.22. The van der Waals surface area contributed by atoms with Crippen molar-refractivity contribution in [2.24, 2.45) is 13.0 Å². The first kappa shape index (κ1) is 13.2. The average molecular weight is 266 g/mol. The number of aromatic nitrogens is 2. The van der Waals surface area contributed by atoms with E-state index in [1.807, 2.05) is 12.5 Å². The molecule has 0 amide bonds. The molecule has 0 saturated carbocycles. The van der Waals surface area contributed by atoms with E-state index in [9.17, 15) is 0 Å². The topological polar surface area (TPSA) is 17.8 Å². The zero-order valence-corrected chi connectivity index (χ0v) is 12.9. The fourth-order valence-electron chi connectivity index (χ4n) is 3.49. The van der Waals surface area contributed by atoms with Crippen LogP contribution in [0.5, 0.6) is 0 Å². The molecule has 0 radical (unpaired) electrons. The Morgan fingerprint density at radius 1 is 1.25 bits per heavy atom. The minimum Gasteiger partial charge on any atom is -0.334 e. The number of nitrogens with zero attached hydrogens (tertiary/aromatic N) is 2. The van der Waals surface area contributed by atoms with Gasteiger partial charge in [-0.25, -0.2) is 4.98 Å². The molecule has 1 aromatic heterocycles. The quantitative estimate of drug-likeness (QED) is 0.753. The minimum absolute atomic E-state index is 0.186. The minimum atomic E-state index is 0.186. The molecule has 20 heavy (non-hydrogen) atoms. The maximum absolute atomic E-state index is 4.26. The molecule has 0 N–H and O–H groups in total. The van der Waals surface area contributed by atoms with Gasteiger partial charge in [-0.05, 0) is 40.5 Å². The Kier molecular flexibility index (Phi) is 2.86. The van der Waals surface area contributed by atoms with Gasteiger partial charge < -0.3 is 4.57 Å². The lowest BCUT2D eigenvalue weighted by Crippen LogP contribution is -2.21. The first-order chi connectivity index (χ1) is 9.44. The summed E-state index contributed by atoms with van der Waals surface area (Å²) in [4.78, 5) is 4.26. The molecule has 2 aromatic rings. The lowest BCUT2D eigenvalue weighted by atomic mass is 9.78. The Balaban J connectivity index is 2.28. The van der Waals surface area contributed by atoms with E-state index in [-0.39, 0.29) is 5.41 Å². The summed E-state index contributed by atoms with van der Waals surface area (Å²) in [5.74, 6) is 0.509. The number of imidazole rings is 1. The summed E-state index contributed by atoms with van der Waals surface area (Å²) < 4.78 is 2.10. The summed E-state index contributed by atoms with van der Waals surface area (Å²) in [6, 6.07) is 8.82. The van der Waals surface area contributed by atoms with Gasteiger partial charge in [-0.1, -0.05) is 45.0 Å². The predicted octanol–water partition coefficient (Wildman–Crippen LogP) is 4.28. The van der Waals surface area contributed by atoms with Crippen LogP contribution in [0, 0.1) is 5.92 Å². The Morgan fingerprint density at radius 2 is 1.95 bits per heavy atom. The summed E-state index contributed by atoms with van der Waals surface area (Å²) in [6.45, 7) is 9.26. The van der Waals surface area contributed by atoms with E-state index in [2.05, 4.69) is 68.6 Å². The van der Waals surface area contributed by atoms with Crippen LogP contribution in [0.25, 0.3) is 11.1 Å². The Morgan fingerprint density at radius 3 is 2.60 bits per heavy atom. The molecule has 3 rings (SSSR count). The average Bonchev–Trinajstić information content (AvgIpc) is 2.92. The van der Waals surface area contributed by atoms with Crippen molar-refractivity contribution in [1.29, 1.82) is 0 Å². The van der Waals surface area contributed by atoms with Gasteiger partial charge in [0.1, 0.15) is 0 Å². The van der Waals surface area contributed by atoms with Gasteiger partial charge in [0, 0.05) is 7.05 Å². The molecule has 104 valence electrons. The molecule has 0 saturated heterocycles.